The van der Waals surface area contributed by atoms with Crippen LogP contribution in [-0.4, -0.2) is 16.7 Å². The lowest BCUT2D eigenvalue weighted by atomic mass is 9.78. The van der Waals surface area contributed by atoms with Crippen molar-refractivity contribution in [1.29, 1.82) is 0 Å². The molecule has 33 heavy (non-hydrogen) atoms. The van der Waals surface area contributed by atoms with Gasteiger partial charge in [-0.15, -0.1) is 0 Å². The first-order valence-electron chi connectivity index (χ1n) is 10.8. The number of ether oxygens (including phenoxy) is 1. The summed E-state index contributed by atoms with van der Waals surface area (Å²) in [6.07, 6.45) is 0. The second kappa shape index (κ2) is 8.04. The van der Waals surface area contributed by atoms with E-state index >= 15 is 0 Å². The van der Waals surface area contributed by atoms with Gasteiger partial charge in [0.15, 0.2) is 10.8 Å². The third kappa shape index (κ3) is 3.73. The number of amides is 1. The maximum Gasteiger partial charge on any atom is 0.236 e. The van der Waals surface area contributed by atoms with Gasteiger partial charge in [0.2, 0.25) is 5.91 Å². The Balaban J connectivity index is 1.63. The standard InChI is InChI=1S/C26H24ClN3O2S/c1-15-5-4-6-19(13-15)30-25(33)29-23-20-14-16(2)7-12-21(20)32-26(30,3)22(23)24(31)28-18-10-8-17(27)9-11-18/h4-14,22-23H,1-3H3,(H,28,31)(H,29,33)/t22-,23-,26-/m0/s1. The van der Waals surface area contributed by atoms with Crippen molar-refractivity contribution < 1.29 is 9.53 Å². The van der Waals surface area contributed by atoms with E-state index < -0.39 is 11.6 Å². The second-order valence-electron chi connectivity index (χ2n) is 8.77. The molecule has 0 unspecified atom stereocenters. The van der Waals surface area contributed by atoms with Crippen LogP contribution in [0.2, 0.25) is 5.02 Å². The zero-order chi connectivity index (χ0) is 23.3. The Morgan fingerprint density at radius 3 is 2.55 bits per heavy atom. The summed E-state index contributed by atoms with van der Waals surface area (Å²) in [5, 5.41) is 7.63. The van der Waals surface area contributed by atoms with Gasteiger partial charge in [-0.25, -0.2) is 0 Å². The van der Waals surface area contributed by atoms with Gasteiger partial charge in [-0.3, -0.25) is 9.69 Å². The van der Waals surface area contributed by atoms with Gasteiger partial charge in [0, 0.05) is 22.0 Å². The monoisotopic (exact) mass is 477 g/mol. The van der Waals surface area contributed by atoms with Gasteiger partial charge in [-0.1, -0.05) is 41.4 Å². The van der Waals surface area contributed by atoms with E-state index in [9.17, 15) is 4.79 Å². The zero-order valence-corrected chi connectivity index (χ0v) is 20.1. The molecule has 168 valence electrons. The van der Waals surface area contributed by atoms with E-state index in [0.29, 0.717) is 15.8 Å². The first-order chi connectivity index (χ1) is 15.8. The molecule has 2 heterocycles. The Bertz CT molecular complexity index is 1260. The number of anilines is 2. The van der Waals surface area contributed by atoms with Crippen LogP contribution in [0.4, 0.5) is 11.4 Å². The first kappa shape index (κ1) is 21.7. The van der Waals surface area contributed by atoms with Crippen molar-refractivity contribution in [1.82, 2.24) is 5.32 Å². The largest absolute Gasteiger partial charge is 0.467 e. The number of hydrogen-bond acceptors (Lipinski definition) is 3. The molecule has 2 N–H and O–H groups in total. The minimum Gasteiger partial charge on any atom is -0.467 e. The maximum atomic E-state index is 13.8. The van der Waals surface area contributed by atoms with Gasteiger partial charge >= 0.3 is 0 Å². The molecule has 5 rings (SSSR count). The van der Waals surface area contributed by atoms with Gasteiger partial charge in [-0.2, -0.15) is 0 Å². The molecule has 2 bridgehead atoms. The SMILES string of the molecule is Cc1cccc(N2C(=S)N[C@H]3c4cc(C)ccc4O[C@@]2(C)[C@@H]3C(=O)Nc2ccc(Cl)cc2)c1. The molecule has 0 aromatic heterocycles. The average Bonchev–Trinajstić information content (AvgIpc) is 2.75. The van der Waals surface area contributed by atoms with Crippen LogP contribution in [0.15, 0.2) is 66.7 Å². The van der Waals surface area contributed by atoms with Crippen LogP contribution in [0.1, 0.15) is 29.7 Å². The first-order valence-corrected chi connectivity index (χ1v) is 11.6. The molecule has 5 nitrogen and oxygen atoms in total. The fourth-order valence-electron chi connectivity index (χ4n) is 4.81. The van der Waals surface area contributed by atoms with E-state index in [2.05, 4.69) is 16.7 Å². The molecule has 0 saturated carbocycles. The van der Waals surface area contributed by atoms with Gasteiger partial charge in [-0.05, 0) is 81.0 Å². The minimum atomic E-state index is -1.04. The number of thiocarbonyl (C=S) groups is 1. The molecule has 1 amide bonds. The average molecular weight is 478 g/mol. The van der Waals surface area contributed by atoms with Crippen molar-refractivity contribution in [2.24, 2.45) is 5.92 Å². The van der Waals surface area contributed by atoms with Crippen molar-refractivity contribution in [2.75, 3.05) is 10.2 Å². The molecular weight excluding hydrogens is 454 g/mol. The molecule has 2 aliphatic rings. The fourth-order valence-corrected chi connectivity index (χ4v) is 5.35. The quantitative estimate of drug-likeness (QED) is 0.470. The molecule has 0 radical (unpaired) electrons. The topological polar surface area (TPSA) is 53.6 Å². The van der Waals surface area contributed by atoms with Crippen LogP contribution in [0.3, 0.4) is 0 Å². The summed E-state index contributed by atoms with van der Waals surface area (Å²) >= 11 is 11.8. The third-order valence-electron chi connectivity index (χ3n) is 6.31. The van der Waals surface area contributed by atoms with Crippen LogP contribution in [0.5, 0.6) is 5.75 Å². The zero-order valence-electron chi connectivity index (χ0n) is 18.6. The van der Waals surface area contributed by atoms with E-state index in [1.165, 1.54) is 0 Å². The molecule has 0 aliphatic carbocycles. The van der Waals surface area contributed by atoms with E-state index in [1.54, 1.807) is 24.3 Å². The highest BCUT2D eigenvalue weighted by molar-refractivity contribution is 7.80. The van der Waals surface area contributed by atoms with Gasteiger partial charge in [0.25, 0.3) is 0 Å². The lowest BCUT2D eigenvalue weighted by Gasteiger charge is -2.56. The van der Waals surface area contributed by atoms with E-state index in [1.807, 2.05) is 62.1 Å². The van der Waals surface area contributed by atoms with Crippen LogP contribution in [0.25, 0.3) is 0 Å². The second-order valence-corrected chi connectivity index (χ2v) is 9.60. The molecule has 1 saturated heterocycles. The van der Waals surface area contributed by atoms with Crippen LogP contribution >= 0.6 is 23.8 Å². The Kier molecular flexibility index (Phi) is 5.30. The summed E-state index contributed by atoms with van der Waals surface area (Å²) in [5.74, 6) is -0.00406. The normalized spacial score (nSPS) is 23.3. The smallest absolute Gasteiger partial charge is 0.236 e. The van der Waals surface area contributed by atoms with Gasteiger partial charge in [0.1, 0.15) is 11.7 Å². The Hall–Kier alpha value is -3.09. The molecule has 7 heteroatoms. The number of hydrogen-bond donors (Lipinski definition) is 2. The molecule has 1 fully saturated rings. The fraction of sp³-hybridized carbons (Fsp3) is 0.231. The highest BCUT2D eigenvalue weighted by Gasteiger charge is 2.59. The number of aryl methyl sites for hydroxylation is 2. The number of halogens is 1. The summed E-state index contributed by atoms with van der Waals surface area (Å²) in [6.45, 7) is 5.99. The lowest BCUT2D eigenvalue weighted by Crippen LogP contribution is -2.72. The third-order valence-corrected chi connectivity index (χ3v) is 6.86. The number of carbonyl (C=O) groups is 1. The minimum absolute atomic E-state index is 0.162. The predicted octanol–water partition coefficient (Wildman–Crippen LogP) is 5.76. The Morgan fingerprint density at radius 1 is 1.09 bits per heavy atom. The van der Waals surface area contributed by atoms with Crippen molar-refractivity contribution in [3.05, 3.63) is 88.4 Å². The van der Waals surface area contributed by atoms with Crippen molar-refractivity contribution >= 4 is 46.2 Å². The van der Waals surface area contributed by atoms with Crippen molar-refractivity contribution in [3.63, 3.8) is 0 Å². The number of benzene rings is 3. The van der Waals surface area contributed by atoms with Crippen LogP contribution in [-0.2, 0) is 4.79 Å². The maximum absolute atomic E-state index is 13.8. The summed E-state index contributed by atoms with van der Waals surface area (Å²) in [5.41, 5.74) is 3.61. The Labute approximate surface area is 203 Å². The Morgan fingerprint density at radius 2 is 1.82 bits per heavy atom. The number of nitrogens with one attached hydrogen (secondary N) is 2. The molecule has 0 spiro atoms. The van der Waals surface area contributed by atoms with Crippen LogP contribution in [0, 0.1) is 19.8 Å². The molecule has 2 aliphatic heterocycles. The van der Waals surface area contributed by atoms with E-state index in [4.69, 9.17) is 28.6 Å². The number of fused-ring (bicyclic) bond motifs is 4. The highest BCUT2D eigenvalue weighted by Crippen LogP contribution is 2.50. The number of carbonyl (C=O) groups excluding carboxylic acids is 1. The van der Waals surface area contributed by atoms with Crippen molar-refractivity contribution in [3.8, 4) is 5.75 Å². The summed E-state index contributed by atoms with van der Waals surface area (Å²) < 4.78 is 6.63. The summed E-state index contributed by atoms with van der Waals surface area (Å²) in [7, 11) is 0. The van der Waals surface area contributed by atoms with Gasteiger partial charge in [0.05, 0.1) is 6.04 Å². The number of nitrogens with zero attached hydrogens (tertiary/aromatic N) is 1. The lowest BCUT2D eigenvalue weighted by molar-refractivity contribution is -0.130. The number of rotatable bonds is 3. The van der Waals surface area contributed by atoms with E-state index in [0.717, 1.165) is 28.1 Å². The molecule has 3 aromatic carbocycles. The molecule has 3 aromatic rings. The highest BCUT2D eigenvalue weighted by atomic mass is 35.5. The van der Waals surface area contributed by atoms with Crippen molar-refractivity contribution in [2.45, 2.75) is 32.5 Å². The molecule has 3 atom stereocenters. The summed E-state index contributed by atoms with van der Waals surface area (Å²) in [6, 6.07) is 20.8. The predicted molar refractivity (Wildman–Crippen MR) is 136 cm³/mol. The van der Waals surface area contributed by atoms with Crippen LogP contribution < -0.4 is 20.3 Å². The van der Waals surface area contributed by atoms with Gasteiger partial charge < -0.3 is 15.4 Å². The van der Waals surface area contributed by atoms with E-state index in [-0.39, 0.29) is 11.9 Å². The molecular formula is C26H24ClN3O2S. The summed E-state index contributed by atoms with van der Waals surface area (Å²) in [4.78, 5) is 15.7.